The van der Waals surface area contributed by atoms with E-state index in [9.17, 15) is 0 Å². The number of pyridine rings is 1. The third-order valence-electron chi connectivity index (χ3n) is 4.94. The first-order valence-electron chi connectivity index (χ1n) is 9.26. The zero-order valence-electron chi connectivity index (χ0n) is 14.8. The molecule has 3 N–H and O–H groups in total. The van der Waals surface area contributed by atoms with E-state index in [1.165, 1.54) is 31.4 Å². The number of nitrogens with one attached hydrogen (secondary N) is 3. The highest BCUT2D eigenvalue weighted by Gasteiger charge is 2.17. The molecule has 3 aromatic heterocycles. The monoisotopic (exact) mass is 338 g/mol. The minimum Gasteiger partial charge on any atom is -0.370 e. The molecule has 0 spiro atoms. The van der Waals surface area contributed by atoms with Gasteiger partial charge in [0.2, 0.25) is 0 Å². The third kappa shape index (κ3) is 3.39. The van der Waals surface area contributed by atoms with E-state index in [0.717, 1.165) is 54.3 Å². The fourth-order valence-corrected chi connectivity index (χ4v) is 3.64. The maximum absolute atomic E-state index is 4.53. The van der Waals surface area contributed by atoms with Gasteiger partial charge in [-0.2, -0.15) is 0 Å². The zero-order chi connectivity index (χ0) is 17.1. The largest absolute Gasteiger partial charge is 0.370 e. The highest BCUT2D eigenvalue weighted by molar-refractivity contribution is 6.01. The van der Waals surface area contributed by atoms with Crippen molar-refractivity contribution < 1.29 is 0 Å². The molecule has 6 nitrogen and oxygen atoms in total. The third-order valence-corrected chi connectivity index (χ3v) is 4.94. The second-order valence-electron chi connectivity index (χ2n) is 6.82. The van der Waals surface area contributed by atoms with Crippen LogP contribution in [0.5, 0.6) is 0 Å². The van der Waals surface area contributed by atoms with Crippen LogP contribution in [0.4, 0.5) is 5.69 Å². The Morgan fingerprint density at radius 1 is 1.04 bits per heavy atom. The lowest BCUT2D eigenvalue weighted by molar-refractivity contribution is 0.553. The summed E-state index contributed by atoms with van der Waals surface area (Å²) >= 11 is 0. The maximum atomic E-state index is 4.53. The molecule has 0 amide bonds. The lowest BCUT2D eigenvalue weighted by Crippen LogP contribution is -2.34. The van der Waals surface area contributed by atoms with Crippen LogP contribution in [0.2, 0.25) is 0 Å². The average molecular weight is 338 g/mol. The first-order chi connectivity index (χ1) is 12.3. The topological polar surface area (TPSA) is 72.6 Å². The molecule has 0 aromatic carbocycles. The van der Waals surface area contributed by atoms with Crippen LogP contribution >= 0.6 is 0 Å². The molecule has 3 aromatic rings. The fourth-order valence-electron chi connectivity index (χ4n) is 3.64. The van der Waals surface area contributed by atoms with E-state index in [1.54, 1.807) is 0 Å². The van der Waals surface area contributed by atoms with E-state index < -0.39 is 0 Å². The molecule has 0 unspecified atom stereocenters. The molecule has 25 heavy (non-hydrogen) atoms. The molecule has 1 aliphatic heterocycles. The van der Waals surface area contributed by atoms with Crippen LogP contribution in [0, 0.1) is 6.92 Å². The number of anilines is 1. The van der Waals surface area contributed by atoms with Crippen LogP contribution in [0.1, 0.15) is 31.4 Å². The number of hydrogen-bond acceptors (Lipinski definition) is 4. The molecule has 4 rings (SSSR count). The van der Waals surface area contributed by atoms with Gasteiger partial charge >= 0.3 is 0 Å². The van der Waals surface area contributed by atoms with Crippen LogP contribution in [0.25, 0.3) is 22.4 Å². The van der Waals surface area contributed by atoms with Crippen molar-refractivity contribution in [2.75, 3.05) is 31.1 Å². The molecule has 1 saturated heterocycles. The van der Waals surface area contributed by atoms with E-state index >= 15 is 0 Å². The minimum atomic E-state index is 0.900. The number of imidazole rings is 1. The number of aromatic amines is 2. The number of H-pyrrole nitrogens is 2. The normalized spacial score (nSPS) is 17.1. The average Bonchev–Trinajstić information content (AvgIpc) is 3.25. The van der Waals surface area contributed by atoms with Crippen molar-refractivity contribution in [2.24, 2.45) is 0 Å². The lowest BCUT2D eigenvalue weighted by Gasteiger charge is -2.27. The molecular formula is C19H26N6. The van der Waals surface area contributed by atoms with Gasteiger partial charge in [-0.25, -0.2) is 9.97 Å². The number of aromatic nitrogens is 4. The molecule has 4 heterocycles. The molecule has 0 aliphatic carbocycles. The van der Waals surface area contributed by atoms with Crippen molar-refractivity contribution in [3.8, 4) is 11.4 Å². The molecule has 0 radical (unpaired) electrons. The summed E-state index contributed by atoms with van der Waals surface area (Å²) in [6.45, 7) is 6.27. The zero-order valence-corrected chi connectivity index (χ0v) is 14.8. The number of nitrogens with zero attached hydrogens (tertiary/aromatic N) is 3. The second kappa shape index (κ2) is 7.27. The van der Waals surface area contributed by atoms with Gasteiger partial charge in [-0.05, 0) is 32.4 Å². The van der Waals surface area contributed by atoms with Crippen LogP contribution in [0.15, 0.2) is 24.7 Å². The van der Waals surface area contributed by atoms with E-state index in [2.05, 4.69) is 36.2 Å². The van der Waals surface area contributed by atoms with E-state index in [4.69, 9.17) is 0 Å². The summed E-state index contributed by atoms with van der Waals surface area (Å²) in [5.41, 5.74) is 4.33. The smallest absolute Gasteiger partial charge is 0.140 e. The molecule has 1 aliphatic rings. The lowest BCUT2D eigenvalue weighted by atomic mass is 10.1. The van der Waals surface area contributed by atoms with Crippen LogP contribution < -0.4 is 10.2 Å². The van der Waals surface area contributed by atoms with Crippen molar-refractivity contribution in [1.82, 2.24) is 25.3 Å². The molecule has 1 fully saturated rings. The maximum Gasteiger partial charge on any atom is 0.140 e. The summed E-state index contributed by atoms with van der Waals surface area (Å²) in [5, 5.41) is 4.72. The van der Waals surface area contributed by atoms with Crippen LogP contribution in [0.3, 0.4) is 0 Å². The molecule has 0 saturated carbocycles. The Hall–Kier alpha value is -2.34. The summed E-state index contributed by atoms with van der Waals surface area (Å²) in [6, 6.07) is 2.14. The Morgan fingerprint density at radius 3 is 2.84 bits per heavy atom. The van der Waals surface area contributed by atoms with Gasteiger partial charge in [0.15, 0.2) is 0 Å². The Labute approximate surface area is 148 Å². The summed E-state index contributed by atoms with van der Waals surface area (Å²) in [5.74, 6) is 0.900. The van der Waals surface area contributed by atoms with E-state index in [0.29, 0.717) is 0 Å². The first-order valence-corrected chi connectivity index (χ1v) is 9.26. The van der Waals surface area contributed by atoms with Gasteiger partial charge in [0.1, 0.15) is 11.5 Å². The Morgan fingerprint density at radius 2 is 1.96 bits per heavy atom. The molecular weight excluding hydrogens is 312 g/mol. The van der Waals surface area contributed by atoms with Gasteiger partial charge < -0.3 is 20.2 Å². The predicted molar refractivity (Wildman–Crippen MR) is 102 cm³/mol. The quantitative estimate of drug-likeness (QED) is 0.671. The van der Waals surface area contributed by atoms with Crippen molar-refractivity contribution in [3.05, 3.63) is 30.4 Å². The number of aryl methyl sites for hydroxylation is 1. The second-order valence-corrected chi connectivity index (χ2v) is 6.82. The van der Waals surface area contributed by atoms with E-state index in [1.807, 2.05) is 25.5 Å². The van der Waals surface area contributed by atoms with Crippen molar-refractivity contribution in [1.29, 1.82) is 0 Å². The molecule has 6 heteroatoms. The Bertz CT molecular complexity index is 823. The number of rotatable bonds is 2. The summed E-state index contributed by atoms with van der Waals surface area (Å²) in [6.07, 6.45) is 10.9. The predicted octanol–water partition coefficient (Wildman–Crippen LogP) is 3.23. The summed E-state index contributed by atoms with van der Waals surface area (Å²) in [7, 11) is 0. The van der Waals surface area contributed by atoms with Crippen molar-refractivity contribution in [3.63, 3.8) is 0 Å². The standard InChI is InChI=1S/C19H26N6/c1-14-12-22-18(24-14)15-13-23-19-17(15)16(6-8-21-19)25-10-5-3-2-4-7-20-9-11-25/h6,8,12-13,20H,2-5,7,9-11H2,1H3,(H,21,23)(H,22,24). The first kappa shape index (κ1) is 16.1. The van der Waals surface area contributed by atoms with Crippen LogP contribution in [-0.4, -0.2) is 46.1 Å². The number of hydrogen-bond donors (Lipinski definition) is 3. The summed E-state index contributed by atoms with van der Waals surface area (Å²) < 4.78 is 0. The highest BCUT2D eigenvalue weighted by atomic mass is 15.1. The van der Waals surface area contributed by atoms with Gasteiger partial charge in [0.25, 0.3) is 0 Å². The Balaban J connectivity index is 1.73. The molecule has 0 bridgehead atoms. The SMILES string of the molecule is Cc1cnc(-c2c[nH]c3nccc(N4CCCCCCNCC4)c23)[nH]1. The van der Waals surface area contributed by atoms with Gasteiger partial charge in [-0.1, -0.05) is 12.8 Å². The number of fused-ring (bicyclic) bond motifs is 1. The molecule has 0 atom stereocenters. The highest BCUT2D eigenvalue weighted by Crippen LogP contribution is 2.33. The van der Waals surface area contributed by atoms with Gasteiger partial charge in [-0.15, -0.1) is 0 Å². The van der Waals surface area contributed by atoms with Gasteiger partial charge in [0, 0.05) is 49.5 Å². The van der Waals surface area contributed by atoms with Crippen LogP contribution in [-0.2, 0) is 0 Å². The van der Waals surface area contributed by atoms with Crippen molar-refractivity contribution >= 4 is 16.7 Å². The minimum absolute atomic E-state index is 0.900. The van der Waals surface area contributed by atoms with Gasteiger partial charge in [0.05, 0.1) is 11.1 Å². The summed E-state index contributed by atoms with van der Waals surface area (Å²) in [4.78, 5) is 18.2. The van der Waals surface area contributed by atoms with Gasteiger partial charge in [-0.3, -0.25) is 0 Å². The molecule has 132 valence electrons. The fraction of sp³-hybridized carbons (Fsp3) is 0.474. The van der Waals surface area contributed by atoms with E-state index in [-0.39, 0.29) is 0 Å². The van der Waals surface area contributed by atoms with Crippen molar-refractivity contribution in [2.45, 2.75) is 32.6 Å². The Kier molecular flexibility index (Phi) is 4.70.